The monoisotopic (exact) mass is 297 g/mol. The summed E-state index contributed by atoms with van der Waals surface area (Å²) in [7, 11) is 5.84. The predicted octanol–water partition coefficient (Wildman–Crippen LogP) is 1.14. The third-order valence-electron chi connectivity index (χ3n) is 3.79. The molecule has 1 fully saturated rings. The van der Waals surface area contributed by atoms with E-state index >= 15 is 0 Å². The second kappa shape index (κ2) is 5.73. The number of Topliss-reactive ketones (excluding diaryl/α,β-unsaturated/α-hetero) is 1. The maximum Gasteiger partial charge on any atom is 0.187 e. The van der Waals surface area contributed by atoms with Gasteiger partial charge in [-0.1, -0.05) is 0 Å². The summed E-state index contributed by atoms with van der Waals surface area (Å²) in [6.07, 6.45) is 10.9. The Morgan fingerprint density at radius 3 is 1.73 bits per heavy atom. The van der Waals surface area contributed by atoms with Gasteiger partial charge in [-0.15, -0.1) is 0 Å². The summed E-state index contributed by atoms with van der Waals surface area (Å²) in [5, 5.41) is 0. The van der Waals surface area contributed by atoms with Gasteiger partial charge in [-0.2, -0.15) is 0 Å². The number of carbonyl (C=O) groups is 1. The molecule has 0 radical (unpaired) electrons. The lowest BCUT2D eigenvalue weighted by atomic mass is 9.97. The van der Waals surface area contributed by atoms with Crippen molar-refractivity contribution in [3.05, 3.63) is 47.6 Å². The van der Waals surface area contributed by atoms with E-state index in [4.69, 9.17) is 0 Å². The number of hydrogen-bond donors (Lipinski definition) is 0. The Hall–Kier alpha value is -2.47. The highest BCUT2D eigenvalue weighted by molar-refractivity contribution is 6.14. The van der Waals surface area contributed by atoms with E-state index in [2.05, 4.69) is 14.9 Å². The summed E-state index contributed by atoms with van der Waals surface area (Å²) in [6.45, 7) is 1.26. The molecule has 114 valence electrons. The Kier molecular flexibility index (Phi) is 3.77. The van der Waals surface area contributed by atoms with E-state index in [0.29, 0.717) is 13.1 Å². The Bertz CT molecular complexity index is 703. The normalized spacial score (nSPS) is 20.2. The van der Waals surface area contributed by atoms with Crippen molar-refractivity contribution < 1.29 is 4.79 Å². The first-order valence-electron chi connectivity index (χ1n) is 7.13. The molecule has 0 amide bonds. The number of likely N-dealkylation sites (tertiary alicyclic amines) is 1. The first-order chi connectivity index (χ1) is 10.5. The van der Waals surface area contributed by atoms with Gasteiger partial charge in [0.05, 0.1) is 0 Å². The highest BCUT2D eigenvalue weighted by Crippen LogP contribution is 2.20. The fourth-order valence-electron chi connectivity index (χ4n) is 2.55. The zero-order valence-corrected chi connectivity index (χ0v) is 13.0. The number of piperidine rings is 1. The quantitative estimate of drug-likeness (QED) is 0.780. The van der Waals surface area contributed by atoms with Gasteiger partial charge in [-0.3, -0.25) is 9.69 Å². The number of ketones is 1. The molecule has 0 spiro atoms. The lowest BCUT2D eigenvalue weighted by molar-refractivity contribution is -0.113. The van der Waals surface area contributed by atoms with Crippen molar-refractivity contribution in [2.75, 3.05) is 20.1 Å². The van der Waals surface area contributed by atoms with Gasteiger partial charge < -0.3 is 9.13 Å². The molecule has 6 heteroatoms. The van der Waals surface area contributed by atoms with E-state index in [0.717, 1.165) is 22.8 Å². The molecule has 1 saturated heterocycles. The van der Waals surface area contributed by atoms with Crippen LogP contribution in [0.5, 0.6) is 0 Å². The van der Waals surface area contributed by atoms with E-state index in [9.17, 15) is 4.79 Å². The number of carbonyl (C=O) groups excluding carboxylic acids is 1. The van der Waals surface area contributed by atoms with Gasteiger partial charge in [0.15, 0.2) is 5.78 Å². The van der Waals surface area contributed by atoms with Gasteiger partial charge in [0.1, 0.15) is 11.6 Å². The number of rotatable bonds is 2. The second-order valence-corrected chi connectivity index (χ2v) is 5.63. The van der Waals surface area contributed by atoms with Crippen LogP contribution in [0.4, 0.5) is 0 Å². The van der Waals surface area contributed by atoms with Crippen LogP contribution in [-0.4, -0.2) is 49.9 Å². The molecule has 2 aromatic rings. The Morgan fingerprint density at radius 2 is 1.36 bits per heavy atom. The van der Waals surface area contributed by atoms with Crippen LogP contribution in [0.15, 0.2) is 35.9 Å². The molecule has 0 aromatic carbocycles. The van der Waals surface area contributed by atoms with Gasteiger partial charge in [-0.05, 0) is 19.2 Å². The van der Waals surface area contributed by atoms with E-state index in [1.807, 2.05) is 54.8 Å². The SMILES string of the molecule is CN1C/C(=C\c2nccn2C)C(=O)/C(=C/c2nccn2C)C1. The third kappa shape index (κ3) is 2.78. The van der Waals surface area contributed by atoms with E-state index < -0.39 is 0 Å². The molecule has 0 atom stereocenters. The summed E-state index contributed by atoms with van der Waals surface area (Å²) >= 11 is 0. The average Bonchev–Trinajstić information content (AvgIpc) is 3.05. The highest BCUT2D eigenvalue weighted by Gasteiger charge is 2.24. The van der Waals surface area contributed by atoms with Crippen LogP contribution in [0.3, 0.4) is 0 Å². The number of nitrogens with zero attached hydrogens (tertiary/aromatic N) is 5. The van der Waals surface area contributed by atoms with Gasteiger partial charge in [-0.25, -0.2) is 9.97 Å². The van der Waals surface area contributed by atoms with Crippen LogP contribution in [0.1, 0.15) is 11.6 Å². The minimum atomic E-state index is 0.0732. The fraction of sp³-hybridized carbons (Fsp3) is 0.312. The summed E-state index contributed by atoms with van der Waals surface area (Å²) < 4.78 is 3.80. The highest BCUT2D eigenvalue weighted by atomic mass is 16.1. The van der Waals surface area contributed by atoms with Gasteiger partial charge in [0, 0.05) is 63.1 Å². The van der Waals surface area contributed by atoms with Crippen molar-refractivity contribution in [1.82, 2.24) is 24.0 Å². The summed E-state index contributed by atoms with van der Waals surface area (Å²) in [4.78, 5) is 23.4. The van der Waals surface area contributed by atoms with Crippen LogP contribution in [-0.2, 0) is 18.9 Å². The van der Waals surface area contributed by atoms with Crippen molar-refractivity contribution in [3.63, 3.8) is 0 Å². The summed E-state index contributed by atoms with van der Waals surface area (Å²) in [6, 6.07) is 0. The van der Waals surface area contributed by atoms with Gasteiger partial charge >= 0.3 is 0 Å². The Morgan fingerprint density at radius 1 is 0.909 bits per heavy atom. The van der Waals surface area contributed by atoms with Crippen LogP contribution in [0.2, 0.25) is 0 Å². The fourth-order valence-corrected chi connectivity index (χ4v) is 2.55. The van der Waals surface area contributed by atoms with Crippen LogP contribution >= 0.6 is 0 Å². The molecule has 6 nitrogen and oxygen atoms in total. The number of hydrogen-bond acceptors (Lipinski definition) is 4. The maximum atomic E-state index is 12.7. The maximum absolute atomic E-state index is 12.7. The molecule has 3 heterocycles. The topological polar surface area (TPSA) is 56.0 Å². The van der Waals surface area contributed by atoms with Crippen LogP contribution < -0.4 is 0 Å². The molecule has 0 N–H and O–H groups in total. The van der Waals surface area contributed by atoms with E-state index in [1.54, 1.807) is 12.4 Å². The van der Waals surface area contributed by atoms with Crippen LogP contribution in [0, 0.1) is 0 Å². The number of imidazole rings is 2. The largest absolute Gasteiger partial charge is 0.335 e. The zero-order chi connectivity index (χ0) is 15.7. The molecule has 0 saturated carbocycles. The first-order valence-corrected chi connectivity index (χ1v) is 7.13. The van der Waals surface area contributed by atoms with Crippen molar-refractivity contribution in [2.45, 2.75) is 0 Å². The summed E-state index contributed by atoms with van der Waals surface area (Å²) in [5.74, 6) is 1.65. The third-order valence-corrected chi connectivity index (χ3v) is 3.79. The molecule has 3 rings (SSSR count). The van der Waals surface area contributed by atoms with E-state index in [-0.39, 0.29) is 5.78 Å². The molecule has 0 unspecified atom stereocenters. The minimum Gasteiger partial charge on any atom is -0.335 e. The van der Waals surface area contributed by atoms with E-state index in [1.165, 1.54) is 0 Å². The van der Waals surface area contributed by atoms with Crippen molar-refractivity contribution >= 4 is 17.9 Å². The smallest absolute Gasteiger partial charge is 0.187 e. The minimum absolute atomic E-state index is 0.0732. The van der Waals surface area contributed by atoms with Gasteiger partial charge in [0.2, 0.25) is 0 Å². The first kappa shape index (κ1) is 14.5. The Balaban J connectivity index is 1.96. The molecule has 22 heavy (non-hydrogen) atoms. The lowest BCUT2D eigenvalue weighted by Gasteiger charge is -2.25. The zero-order valence-electron chi connectivity index (χ0n) is 13.0. The number of aromatic nitrogens is 4. The molecular formula is C16H19N5O. The van der Waals surface area contributed by atoms with Crippen LogP contribution in [0.25, 0.3) is 12.2 Å². The standard InChI is InChI=1S/C16H19N5O/c1-19-10-12(8-14-17-4-6-20(14)2)16(22)13(11-19)9-15-18-5-7-21(15)3/h4-9H,10-11H2,1-3H3/b12-8+,13-9+. The number of aryl methyl sites for hydroxylation is 2. The summed E-state index contributed by atoms with van der Waals surface area (Å²) in [5.41, 5.74) is 1.51. The van der Waals surface area contributed by atoms with Crippen molar-refractivity contribution in [3.8, 4) is 0 Å². The van der Waals surface area contributed by atoms with Crippen molar-refractivity contribution in [2.24, 2.45) is 14.1 Å². The van der Waals surface area contributed by atoms with Gasteiger partial charge in [0.25, 0.3) is 0 Å². The molecule has 1 aliphatic heterocycles. The number of likely N-dealkylation sites (N-methyl/N-ethyl adjacent to an activating group) is 1. The predicted molar refractivity (Wildman–Crippen MR) is 84.9 cm³/mol. The molecule has 1 aliphatic rings. The molecule has 0 bridgehead atoms. The average molecular weight is 297 g/mol. The lowest BCUT2D eigenvalue weighted by Crippen LogP contribution is -2.34. The molecule has 0 aliphatic carbocycles. The molecule has 2 aromatic heterocycles. The Labute approximate surface area is 129 Å². The molecular weight excluding hydrogens is 278 g/mol. The second-order valence-electron chi connectivity index (χ2n) is 5.63. The van der Waals surface area contributed by atoms with Crippen molar-refractivity contribution in [1.29, 1.82) is 0 Å².